The van der Waals surface area contributed by atoms with Crippen LogP contribution in [-0.2, 0) is 6.42 Å². The van der Waals surface area contributed by atoms with Crippen molar-refractivity contribution >= 4 is 34.2 Å². The van der Waals surface area contributed by atoms with Crippen LogP contribution in [0.2, 0.25) is 0 Å². The van der Waals surface area contributed by atoms with Gasteiger partial charge in [0.2, 0.25) is 0 Å². The molecule has 5 heteroatoms. The van der Waals surface area contributed by atoms with Crippen LogP contribution in [0, 0.1) is 13.8 Å². The number of benzene rings is 1. The van der Waals surface area contributed by atoms with Crippen molar-refractivity contribution in [2.75, 3.05) is 11.9 Å². The molecule has 1 aromatic carbocycles. The molecule has 19 heavy (non-hydrogen) atoms. The minimum absolute atomic E-state index is 0.427. The summed E-state index contributed by atoms with van der Waals surface area (Å²) in [6.07, 6.45) is 0.898. The fourth-order valence-electron chi connectivity index (χ4n) is 1.86. The van der Waals surface area contributed by atoms with Gasteiger partial charge in [0.05, 0.1) is 10.7 Å². The lowest BCUT2D eigenvalue weighted by Crippen LogP contribution is -2.14. The lowest BCUT2D eigenvalue weighted by atomic mass is 10.1. The molecule has 2 aromatic rings. The number of rotatable bonds is 5. The van der Waals surface area contributed by atoms with Gasteiger partial charge >= 0.3 is 0 Å². The summed E-state index contributed by atoms with van der Waals surface area (Å²) in [5, 5.41) is 6.58. The smallest absolute Gasteiger partial charge is 0.106 e. The Morgan fingerprint density at radius 2 is 2.21 bits per heavy atom. The van der Waals surface area contributed by atoms with Crippen LogP contribution in [0.15, 0.2) is 23.6 Å². The summed E-state index contributed by atoms with van der Waals surface area (Å²) in [6, 6.07) is 6.09. The zero-order valence-corrected chi connectivity index (χ0v) is 12.7. The summed E-state index contributed by atoms with van der Waals surface area (Å²) < 4.78 is 0. The van der Waals surface area contributed by atoms with E-state index in [1.165, 1.54) is 0 Å². The van der Waals surface area contributed by atoms with E-state index in [-0.39, 0.29) is 0 Å². The van der Waals surface area contributed by atoms with Gasteiger partial charge in [-0.2, -0.15) is 0 Å². The molecule has 0 amide bonds. The minimum atomic E-state index is 0.427. The molecule has 3 nitrogen and oxygen atoms in total. The number of nitrogens with two attached hydrogens (primary N) is 1. The molecule has 0 aliphatic rings. The molecule has 0 bridgehead atoms. The van der Waals surface area contributed by atoms with Gasteiger partial charge in [0.1, 0.15) is 4.99 Å². The van der Waals surface area contributed by atoms with E-state index in [2.05, 4.69) is 21.7 Å². The highest BCUT2D eigenvalue weighted by atomic mass is 32.1. The molecule has 0 saturated carbocycles. The largest absolute Gasteiger partial charge is 0.389 e. The van der Waals surface area contributed by atoms with Crippen molar-refractivity contribution in [2.45, 2.75) is 20.3 Å². The molecule has 3 N–H and O–H groups in total. The second-order valence-electron chi connectivity index (χ2n) is 4.45. The van der Waals surface area contributed by atoms with E-state index < -0.39 is 0 Å². The zero-order chi connectivity index (χ0) is 13.8. The maximum Gasteiger partial charge on any atom is 0.106 e. The van der Waals surface area contributed by atoms with Gasteiger partial charge in [-0.15, -0.1) is 11.3 Å². The average Bonchev–Trinajstić information content (AvgIpc) is 2.77. The number of aryl methyl sites for hydroxylation is 2. The van der Waals surface area contributed by atoms with E-state index >= 15 is 0 Å². The highest BCUT2D eigenvalue weighted by molar-refractivity contribution is 7.80. The third-order valence-corrected chi connectivity index (χ3v) is 3.85. The SMILES string of the molecule is Cc1ccc(NCCc2csc(C)n2)c(C(N)=S)c1. The van der Waals surface area contributed by atoms with Crippen LogP contribution in [0.25, 0.3) is 0 Å². The number of hydrogen-bond donors (Lipinski definition) is 2. The van der Waals surface area contributed by atoms with Crippen LogP contribution in [0.4, 0.5) is 5.69 Å². The summed E-state index contributed by atoms with van der Waals surface area (Å²) in [4.78, 5) is 4.87. The maximum absolute atomic E-state index is 5.75. The predicted molar refractivity (Wildman–Crippen MR) is 86.1 cm³/mol. The molecule has 2 rings (SSSR count). The van der Waals surface area contributed by atoms with E-state index in [1.807, 2.05) is 26.0 Å². The molecule has 1 aromatic heterocycles. The first-order chi connectivity index (χ1) is 9.06. The van der Waals surface area contributed by atoms with E-state index in [9.17, 15) is 0 Å². The molecule has 0 unspecified atom stereocenters. The highest BCUT2D eigenvalue weighted by Gasteiger charge is 2.05. The lowest BCUT2D eigenvalue weighted by molar-refractivity contribution is 0.968. The van der Waals surface area contributed by atoms with Crippen molar-refractivity contribution in [2.24, 2.45) is 5.73 Å². The normalized spacial score (nSPS) is 10.4. The first kappa shape index (κ1) is 14.0. The molecular weight excluding hydrogens is 274 g/mol. The Bertz CT molecular complexity index is 590. The van der Waals surface area contributed by atoms with E-state index in [4.69, 9.17) is 18.0 Å². The Kier molecular flexibility index (Phi) is 4.50. The molecule has 100 valence electrons. The van der Waals surface area contributed by atoms with Crippen LogP contribution >= 0.6 is 23.6 Å². The highest BCUT2D eigenvalue weighted by Crippen LogP contribution is 2.17. The van der Waals surface area contributed by atoms with Crippen molar-refractivity contribution in [3.8, 4) is 0 Å². The van der Waals surface area contributed by atoms with Crippen molar-refractivity contribution in [1.29, 1.82) is 0 Å². The molecule has 0 radical (unpaired) electrons. The van der Waals surface area contributed by atoms with E-state index in [1.54, 1.807) is 11.3 Å². The van der Waals surface area contributed by atoms with Gasteiger partial charge in [0.15, 0.2) is 0 Å². The standard InChI is InChI=1S/C14H17N3S2/c1-9-3-4-13(12(7-9)14(15)18)16-6-5-11-8-19-10(2)17-11/h3-4,7-8,16H,5-6H2,1-2H3,(H2,15,18). The number of nitrogens with one attached hydrogen (secondary N) is 1. The monoisotopic (exact) mass is 291 g/mol. The van der Waals surface area contributed by atoms with Crippen LogP contribution in [0.1, 0.15) is 21.8 Å². The summed E-state index contributed by atoms with van der Waals surface area (Å²) in [5.41, 5.74) is 9.93. The first-order valence-corrected chi connectivity index (χ1v) is 7.40. The predicted octanol–water partition coefficient (Wildman–Crippen LogP) is 3.05. The third-order valence-electron chi connectivity index (χ3n) is 2.80. The second-order valence-corrected chi connectivity index (χ2v) is 5.95. The van der Waals surface area contributed by atoms with Crippen LogP contribution in [0.5, 0.6) is 0 Å². The first-order valence-electron chi connectivity index (χ1n) is 6.11. The minimum Gasteiger partial charge on any atom is -0.389 e. The Balaban J connectivity index is 2.01. The maximum atomic E-state index is 5.75. The summed E-state index contributed by atoms with van der Waals surface area (Å²) >= 11 is 6.76. The van der Waals surface area contributed by atoms with Crippen molar-refractivity contribution in [1.82, 2.24) is 4.98 Å². The van der Waals surface area contributed by atoms with E-state index in [0.29, 0.717) is 4.99 Å². The number of anilines is 1. The molecular formula is C14H17N3S2. The Morgan fingerprint density at radius 1 is 1.42 bits per heavy atom. The Morgan fingerprint density at radius 3 is 2.84 bits per heavy atom. The molecule has 0 fully saturated rings. The zero-order valence-electron chi connectivity index (χ0n) is 11.1. The summed E-state index contributed by atoms with van der Waals surface area (Å²) in [6.45, 7) is 4.87. The second kappa shape index (κ2) is 6.12. The van der Waals surface area contributed by atoms with Crippen molar-refractivity contribution < 1.29 is 0 Å². The number of thiocarbonyl (C=S) groups is 1. The van der Waals surface area contributed by atoms with Gasteiger partial charge in [0, 0.05) is 29.6 Å². The topological polar surface area (TPSA) is 50.9 Å². The number of aromatic nitrogens is 1. The molecule has 0 saturated heterocycles. The molecule has 0 spiro atoms. The number of hydrogen-bond acceptors (Lipinski definition) is 4. The summed E-state index contributed by atoms with van der Waals surface area (Å²) in [7, 11) is 0. The van der Waals surface area contributed by atoms with Crippen LogP contribution in [-0.4, -0.2) is 16.5 Å². The van der Waals surface area contributed by atoms with Gasteiger partial charge in [-0.3, -0.25) is 0 Å². The molecule has 0 atom stereocenters. The van der Waals surface area contributed by atoms with Crippen LogP contribution < -0.4 is 11.1 Å². The summed E-state index contributed by atoms with van der Waals surface area (Å²) in [5.74, 6) is 0. The van der Waals surface area contributed by atoms with Gasteiger partial charge in [-0.05, 0) is 26.0 Å². The third kappa shape index (κ3) is 3.75. The molecule has 0 aliphatic heterocycles. The number of thiazole rings is 1. The van der Waals surface area contributed by atoms with Crippen molar-refractivity contribution in [3.05, 3.63) is 45.4 Å². The fourth-order valence-corrected chi connectivity index (χ4v) is 2.68. The van der Waals surface area contributed by atoms with Gasteiger partial charge in [-0.25, -0.2) is 4.98 Å². The molecule has 0 aliphatic carbocycles. The van der Waals surface area contributed by atoms with Crippen molar-refractivity contribution in [3.63, 3.8) is 0 Å². The van der Waals surface area contributed by atoms with E-state index in [0.717, 1.165) is 40.5 Å². The molecule has 1 heterocycles. The van der Waals surface area contributed by atoms with Gasteiger partial charge < -0.3 is 11.1 Å². The average molecular weight is 291 g/mol. The van der Waals surface area contributed by atoms with Gasteiger partial charge in [0.25, 0.3) is 0 Å². The van der Waals surface area contributed by atoms with Gasteiger partial charge in [-0.1, -0.05) is 23.8 Å². The lowest BCUT2D eigenvalue weighted by Gasteiger charge is -2.11. The Labute approximate surface area is 122 Å². The fraction of sp³-hybridized carbons (Fsp3) is 0.286. The Hall–Kier alpha value is -1.46. The number of nitrogens with zero attached hydrogens (tertiary/aromatic N) is 1. The van der Waals surface area contributed by atoms with Crippen LogP contribution in [0.3, 0.4) is 0 Å². The quantitative estimate of drug-likeness (QED) is 0.831.